The van der Waals surface area contributed by atoms with Crippen LogP contribution in [0.15, 0.2) is 6.07 Å². The standard InChI is InChI=1S/C10H16N2O/c1-4-9-7-10(6-8(3)13)12(5-2)11-9/h7H,4-6H2,1-3H3. The molecule has 72 valence electrons. The third-order valence-corrected chi connectivity index (χ3v) is 2.01. The predicted molar refractivity (Wildman–Crippen MR) is 51.7 cm³/mol. The van der Waals surface area contributed by atoms with E-state index in [0.717, 1.165) is 24.4 Å². The number of aromatic nitrogens is 2. The summed E-state index contributed by atoms with van der Waals surface area (Å²) in [5.74, 6) is 0.192. The highest BCUT2D eigenvalue weighted by Crippen LogP contribution is 2.06. The van der Waals surface area contributed by atoms with Gasteiger partial charge in [0.05, 0.1) is 5.69 Å². The van der Waals surface area contributed by atoms with Crippen LogP contribution in [0.4, 0.5) is 0 Å². The van der Waals surface area contributed by atoms with E-state index in [1.165, 1.54) is 0 Å². The number of hydrogen-bond donors (Lipinski definition) is 0. The third-order valence-electron chi connectivity index (χ3n) is 2.01. The summed E-state index contributed by atoms with van der Waals surface area (Å²) in [5.41, 5.74) is 2.10. The molecule has 0 saturated heterocycles. The van der Waals surface area contributed by atoms with Gasteiger partial charge in [-0.2, -0.15) is 5.10 Å². The number of aryl methyl sites for hydroxylation is 2. The molecular formula is C10H16N2O. The molecule has 0 unspecified atom stereocenters. The molecule has 1 rings (SSSR count). The molecule has 0 spiro atoms. The lowest BCUT2D eigenvalue weighted by molar-refractivity contribution is -0.116. The fraction of sp³-hybridized carbons (Fsp3) is 0.600. The molecule has 0 saturated carbocycles. The Labute approximate surface area is 78.8 Å². The van der Waals surface area contributed by atoms with Gasteiger partial charge in [-0.1, -0.05) is 6.92 Å². The molecule has 0 fully saturated rings. The molecular weight excluding hydrogens is 164 g/mol. The quantitative estimate of drug-likeness (QED) is 0.705. The van der Waals surface area contributed by atoms with Crippen molar-refractivity contribution in [2.45, 2.75) is 40.2 Å². The van der Waals surface area contributed by atoms with Crippen LogP contribution < -0.4 is 0 Å². The molecule has 0 N–H and O–H groups in total. The van der Waals surface area contributed by atoms with E-state index in [-0.39, 0.29) is 5.78 Å². The first-order valence-corrected chi connectivity index (χ1v) is 4.72. The minimum atomic E-state index is 0.192. The lowest BCUT2D eigenvalue weighted by atomic mass is 10.2. The molecule has 0 aliphatic carbocycles. The Morgan fingerprint density at radius 2 is 2.23 bits per heavy atom. The van der Waals surface area contributed by atoms with Crippen molar-refractivity contribution in [2.24, 2.45) is 0 Å². The highest BCUT2D eigenvalue weighted by molar-refractivity contribution is 5.77. The molecule has 0 amide bonds. The Bertz CT molecular complexity index is 302. The molecule has 0 aliphatic rings. The van der Waals surface area contributed by atoms with Crippen LogP contribution in [-0.2, 0) is 24.2 Å². The van der Waals surface area contributed by atoms with E-state index >= 15 is 0 Å². The summed E-state index contributed by atoms with van der Waals surface area (Å²) in [6.45, 7) is 6.55. The normalized spacial score (nSPS) is 10.4. The summed E-state index contributed by atoms with van der Waals surface area (Å²) >= 11 is 0. The molecule has 3 nitrogen and oxygen atoms in total. The van der Waals surface area contributed by atoms with Crippen molar-refractivity contribution in [3.63, 3.8) is 0 Å². The van der Waals surface area contributed by atoms with Crippen molar-refractivity contribution < 1.29 is 4.79 Å². The van der Waals surface area contributed by atoms with Crippen molar-refractivity contribution in [1.82, 2.24) is 9.78 Å². The highest BCUT2D eigenvalue weighted by atomic mass is 16.1. The Morgan fingerprint density at radius 3 is 2.69 bits per heavy atom. The van der Waals surface area contributed by atoms with Gasteiger partial charge in [-0.3, -0.25) is 9.48 Å². The van der Waals surface area contributed by atoms with Gasteiger partial charge < -0.3 is 0 Å². The number of carbonyl (C=O) groups excluding carboxylic acids is 1. The minimum absolute atomic E-state index is 0.192. The van der Waals surface area contributed by atoms with Crippen molar-refractivity contribution in [1.29, 1.82) is 0 Å². The predicted octanol–water partition coefficient (Wildman–Crippen LogP) is 1.60. The van der Waals surface area contributed by atoms with Crippen molar-refractivity contribution in [3.8, 4) is 0 Å². The molecule has 1 aromatic rings. The largest absolute Gasteiger partial charge is 0.300 e. The van der Waals surface area contributed by atoms with Gasteiger partial charge in [-0.25, -0.2) is 0 Å². The third kappa shape index (κ3) is 2.41. The number of nitrogens with zero attached hydrogens (tertiary/aromatic N) is 2. The molecule has 3 heteroatoms. The first-order valence-electron chi connectivity index (χ1n) is 4.72. The smallest absolute Gasteiger partial charge is 0.135 e. The Balaban J connectivity index is 2.90. The summed E-state index contributed by atoms with van der Waals surface area (Å²) in [5, 5.41) is 4.36. The summed E-state index contributed by atoms with van der Waals surface area (Å²) < 4.78 is 1.90. The van der Waals surface area contributed by atoms with Crippen molar-refractivity contribution >= 4 is 5.78 Å². The topological polar surface area (TPSA) is 34.9 Å². The van der Waals surface area contributed by atoms with Gasteiger partial charge in [0, 0.05) is 18.7 Å². The van der Waals surface area contributed by atoms with Gasteiger partial charge in [-0.15, -0.1) is 0 Å². The monoisotopic (exact) mass is 180 g/mol. The first-order chi connectivity index (χ1) is 6.17. The number of ketones is 1. The van der Waals surface area contributed by atoms with Crippen LogP contribution in [0.5, 0.6) is 0 Å². The maximum Gasteiger partial charge on any atom is 0.135 e. The maximum atomic E-state index is 10.9. The minimum Gasteiger partial charge on any atom is -0.300 e. The summed E-state index contributed by atoms with van der Waals surface area (Å²) in [4.78, 5) is 10.9. The average molecular weight is 180 g/mol. The van der Waals surface area contributed by atoms with E-state index in [0.29, 0.717) is 6.42 Å². The van der Waals surface area contributed by atoms with E-state index < -0.39 is 0 Å². The van der Waals surface area contributed by atoms with Crippen LogP contribution in [0.1, 0.15) is 32.2 Å². The zero-order valence-electron chi connectivity index (χ0n) is 8.50. The fourth-order valence-electron chi connectivity index (χ4n) is 1.36. The average Bonchev–Trinajstić information content (AvgIpc) is 2.46. The van der Waals surface area contributed by atoms with Crippen molar-refractivity contribution in [3.05, 3.63) is 17.5 Å². The first kappa shape index (κ1) is 9.96. The number of carbonyl (C=O) groups is 1. The zero-order chi connectivity index (χ0) is 9.84. The van der Waals surface area contributed by atoms with E-state index in [1.807, 2.05) is 17.7 Å². The van der Waals surface area contributed by atoms with Gasteiger partial charge in [0.1, 0.15) is 5.78 Å². The second-order valence-electron chi connectivity index (χ2n) is 3.18. The van der Waals surface area contributed by atoms with E-state index in [2.05, 4.69) is 12.0 Å². The zero-order valence-corrected chi connectivity index (χ0v) is 8.50. The number of hydrogen-bond acceptors (Lipinski definition) is 2. The molecule has 1 aromatic heterocycles. The van der Waals surface area contributed by atoms with E-state index in [1.54, 1.807) is 6.92 Å². The van der Waals surface area contributed by atoms with Gasteiger partial charge in [-0.05, 0) is 26.3 Å². The van der Waals surface area contributed by atoms with Crippen LogP contribution in [0.3, 0.4) is 0 Å². The summed E-state index contributed by atoms with van der Waals surface area (Å²) in [6.07, 6.45) is 1.43. The lowest BCUT2D eigenvalue weighted by Crippen LogP contribution is -2.06. The Morgan fingerprint density at radius 1 is 1.54 bits per heavy atom. The summed E-state index contributed by atoms with van der Waals surface area (Å²) in [7, 11) is 0. The molecule has 0 aromatic carbocycles. The SMILES string of the molecule is CCc1cc(CC(C)=O)n(CC)n1. The maximum absolute atomic E-state index is 10.9. The van der Waals surface area contributed by atoms with E-state index in [4.69, 9.17) is 0 Å². The molecule has 13 heavy (non-hydrogen) atoms. The second kappa shape index (κ2) is 4.21. The van der Waals surface area contributed by atoms with E-state index in [9.17, 15) is 4.79 Å². The Hall–Kier alpha value is -1.12. The van der Waals surface area contributed by atoms with Gasteiger partial charge in [0.25, 0.3) is 0 Å². The lowest BCUT2D eigenvalue weighted by Gasteiger charge is -2.00. The number of Topliss-reactive ketones (excluding diaryl/α,β-unsaturated/α-hetero) is 1. The van der Waals surface area contributed by atoms with Crippen LogP contribution in [0.2, 0.25) is 0 Å². The van der Waals surface area contributed by atoms with Crippen LogP contribution in [-0.4, -0.2) is 15.6 Å². The van der Waals surface area contributed by atoms with Gasteiger partial charge >= 0.3 is 0 Å². The molecule has 0 radical (unpaired) electrons. The molecule has 0 bridgehead atoms. The van der Waals surface area contributed by atoms with Gasteiger partial charge in [0.15, 0.2) is 0 Å². The fourth-order valence-corrected chi connectivity index (χ4v) is 1.36. The van der Waals surface area contributed by atoms with Crippen LogP contribution in [0.25, 0.3) is 0 Å². The number of rotatable bonds is 4. The molecule has 1 heterocycles. The van der Waals surface area contributed by atoms with Crippen molar-refractivity contribution in [2.75, 3.05) is 0 Å². The van der Waals surface area contributed by atoms with Crippen LogP contribution in [0, 0.1) is 0 Å². The molecule has 0 aliphatic heterocycles. The highest BCUT2D eigenvalue weighted by Gasteiger charge is 2.06. The van der Waals surface area contributed by atoms with Crippen LogP contribution >= 0.6 is 0 Å². The Kier molecular flexibility index (Phi) is 3.23. The summed E-state index contributed by atoms with van der Waals surface area (Å²) in [6, 6.07) is 2.02. The molecule has 0 atom stereocenters. The van der Waals surface area contributed by atoms with Gasteiger partial charge in [0.2, 0.25) is 0 Å². The second-order valence-corrected chi connectivity index (χ2v) is 3.18.